The van der Waals surface area contributed by atoms with E-state index in [1.165, 1.54) is 0 Å². The summed E-state index contributed by atoms with van der Waals surface area (Å²) in [6, 6.07) is 0. The minimum absolute atomic E-state index is 0. The number of hydrogen-bond donors (Lipinski definition) is 0. The van der Waals surface area contributed by atoms with E-state index in [0.717, 1.165) is 0 Å². The Labute approximate surface area is 86.2 Å². The zero-order valence-electron chi connectivity index (χ0n) is 7.76. The van der Waals surface area contributed by atoms with Crippen LogP contribution in [0.2, 0.25) is 0 Å². The van der Waals surface area contributed by atoms with Crippen LogP contribution in [0.25, 0.3) is 0 Å². The van der Waals surface area contributed by atoms with Crippen LogP contribution in [0.15, 0.2) is 10.2 Å². The van der Waals surface area contributed by atoms with Gasteiger partial charge in [-0.25, -0.2) is 0 Å². The summed E-state index contributed by atoms with van der Waals surface area (Å²) in [6.45, 7) is 0. The average Bonchev–Trinajstić information content (AvgIpc) is 1.79. The highest BCUT2D eigenvalue weighted by Crippen LogP contribution is 1.71. The van der Waals surface area contributed by atoms with Crippen molar-refractivity contribution < 1.29 is 0 Å². The highest BCUT2D eigenvalue weighted by atomic mass is 35.5. The highest BCUT2D eigenvalue weighted by molar-refractivity contribution is 5.85. The minimum atomic E-state index is 0. The molecule has 0 rings (SSSR count). The van der Waals surface area contributed by atoms with Crippen LogP contribution in [-0.4, -0.2) is 50.7 Å². The van der Waals surface area contributed by atoms with Gasteiger partial charge in [-0.05, 0) is 0 Å². The van der Waals surface area contributed by atoms with Crippen LogP contribution in [-0.2, 0) is 0 Å². The second-order valence-electron chi connectivity index (χ2n) is 2.39. The molecule has 0 aromatic heterocycles. The molecule has 0 aliphatic heterocycles. The first-order chi connectivity index (χ1) is 4.63. The van der Waals surface area contributed by atoms with Gasteiger partial charge >= 0.3 is 0 Å². The predicted molar refractivity (Wildman–Crippen MR) is 58.9 cm³/mol. The lowest BCUT2D eigenvalue weighted by molar-refractivity contribution is 0.631. The Morgan fingerprint density at radius 1 is 0.750 bits per heavy atom. The van der Waals surface area contributed by atoms with Gasteiger partial charge in [-0.2, -0.15) is 0 Å². The van der Waals surface area contributed by atoms with E-state index < -0.39 is 0 Å². The van der Waals surface area contributed by atoms with Crippen LogP contribution in [0.1, 0.15) is 0 Å². The van der Waals surface area contributed by atoms with Crippen molar-refractivity contribution in [1.29, 1.82) is 0 Å². The van der Waals surface area contributed by atoms with E-state index in [-0.39, 0.29) is 24.8 Å². The van der Waals surface area contributed by atoms with Crippen molar-refractivity contribution in [2.75, 3.05) is 28.2 Å². The lowest BCUT2D eigenvalue weighted by Gasteiger charge is -2.01. The van der Waals surface area contributed by atoms with Gasteiger partial charge in [0, 0.05) is 28.2 Å². The van der Waals surface area contributed by atoms with Gasteiger partial charge in [0.15, 0.2) is 0 Å². The maximum Gasteiger partial charge on any atom is 0.113 e. The van der Waals surface area contributed by atoms with Gasteiger partial charge in [0.1, 0.15) is 12.7 Å². The number of hydrogen-bond acceptors (Lipinski definition) is 2. The van der Waals surface area contributed by atoms with E-state index in [2.05, 4.69) is 10.2 Å². The molecule has 0 aliphatic rings. The van der Waals surface area contributed by atoms with Crippen molar-refractivity contribution in [2.24, 2.45) is 10.2 Å². The lowest BCUT2D eigenvalue weighted by atomic mass is 10.9. The number of nitrogens with zero attached hydrogens (tertiary/aromatic N) is 4. The summed E-state index contributed by atoms with van der Waals surface area (Å²) >= 11 is 0. The van der Waals surface area contributed by atoms with Crippen molar-refractivity contribution in [1.82, 2.24) is 9.80 Å². The smallest absolute Gasteiger partial charge is 0.113 e. The molecule has 0 aromatic rings. The average molecular weight is 215 g/mol. The second-order valence-corrected chi connectivity index (χ2v) is 2.39. The molecular formula is C6H16Cl2N4. The van der Waals surface area contributed by atoms with Crippen LogP contribution in [0, 0.1) is 0 Å². The van der Waals surface area contributed by atoms with Crippen LogP contribution in [0.3, 0.4) is 0 Å². The third-order valence-corrected chi connectivity index (χ3v) is 0.632. The summed E-state index contributed by atoms with van der Waals surface area (Å²) in [5.41, 5.74) is 0. The largest absolute Gasteiger partial charge is 0.367 e. The molecule has 6 heteroatoms. The molecule has 12 heavy (non-hydrogen) atoms. The van der Waals surface area contributed by atoms with E-state index >= 15 is 0 Å². The molecule has 0 radical (unpaired) electrons. The molecule has 0 heterocycles. The molecule has 0 spiro atoms. The number of halogens is 2. The molecule has 0 aromatic carbocycles. The molecule has 0 bridgehead atoms. The molecule has 0 amide bonds. The summed E-state index contributed by atoms with van der Waals surface area (Å²) in [6.07, 6.45) is 3.28. The van der Waals surface area contributed by atoms with Gasteiger partial charge in [0.2, 0.25) is 0 Å². The monoisotopic (exact) mass is 214 g/mol. The van der Waals surface area contributed by atoms with Crippen LogP contribution in [0.5, 0.6) is 0 Å². The third-order valence-electron chi connectivity index (χ3n) is 0.632. The van der Waals surface area contributed by atoms with Crippen molar-refractivity contribution in [3.63, 3.8) is 0 Å². The molecule has 0 saturated heterocycles. The molecule has 0 fully saturated rings. The van der Waals surface area contributed by atoms with E-state index in [0.29, 0.717) is 0 Å². The molecule has 0 aliphatic carbocycles. The Hall–Kier alpha value is -0.480. The third kappa shape index (κ3) is 16.3. The van der Waals surface area contributed by atoms with Gasteiger partial charge in [-0.3, -0.25) is 0 Å². The summed E-state index contributed by atoms with van der Waals surface area (Å²) in [4.78, 5) is 3.65. The molecular weight excluding hydrogens is 199 g/mol. The SMILES string of the molecule is CN(C)/C=N\N=C/N(C)C.Cl.Cl. The van der Waals surface area contributed by atoms with Crippen LogP contribution < -0.4 is 0 Å². The van der Waals surface area contributed by atoms with Gasteiger partial charge in [-0.1, -0.05) is 0 Å². The quantitative estimate of drug-likeness (QED) is 0.398. The predicted octanol–water partition coefficient (Wildman–Crippen LogP) is 0.925. The maximum absolute atomic E-state index is 3.74. The Kier molecular flexibility index (Phi) is 15.4. The first-order valence-corrected chi connectivity index (χ1v) is 3.02. The van der Waals surface area contributed by atoms with Crippen LogP contribution in [0.4, 0.5) is 0 Å². The Morgan fingerprint density at radius 3 is 1.17 bits per heavy atom. The second kappa shape index (κ2) is 10.5. The normalized spacial score (nSPS) is 9.33. The Morgan fingerprint density at radius 2 is 1.00 bits per heavy atom. The van der Waals surface area contributed by atoms with E-state index in [4.69, 9.17) is 0 Å². The zero-order chi connectivity index (χ0) is 7.98. The van der Waals surface area contributed by atoms with E-state index in [1.54, 1.807) is 12.7 Å². The van der Waals surface area contributed by atoms with E-state index in [1.807, 2.05) is 38.0 Å². The van der Waals surface area contributed by atoms with Crippen molar-refractivity contribution in [3.8, 4) is 0 Å². The molecule has 0 unspecified atom stereocenters. The lowest BCUT2D eigenvalue weighted by Crippen LogP contribution is -2.09. The topological polar surface area (TPSA) is 31.2 Å². The summed E-state index contributed by atoms with van der Waals surface area (Å²) < 4.78 is 0. The Bertz CT molecular complexity index is 118. The number of rotatable bonds is 3. The van der Waals surface area contributed by atoms with E-state index in [9.17, 15) is 0 Å². The van der Waals surface area contributed by atoms with Gasteiger partial charge in [0.05, 0.1) is 0 Å². The van der Waals surface area contributed by atoms with Crippen molar-refractivity contribution in [3.05, 3.63) is 0 Å². The fourth-order valence-corrected chi connectivity index (χ4v) is 0.266. The first kappa shape index (κ1) is 17.6. The molecule has 0 atom stereocenters. The fraction of sp³-hybridized carbons (Fsp3) is 0.667. The van der Waals surface area contributed by atoms with Gasteiger partial charge in [0.25, 0.3) is 0 Å². The zero-order valence-corrected chi connectivity index (χ0v) is 9.39. The first-order valence-electron chi connectivity index (χ1n) is 3.02. The molecule has 74 valence electrons. The van der Waals surface area contributed by atoms with Crippen LogP contribution >= 0.6 is 24.8 Å². The molecule has 0 N–H and O–H groups in total. The van der Waals surface area contributed by atoms with Gasteiger partial charge < -0.3 is 9.80 Å². The fourth-order valence-electron chi connectivity index (χ4n) is 0.266. The standard InChI is InChI=1S/C6H14N4.2ClH/c1-9(2)5-7-8-6-10(3)4;;/h5-6H,1-4H3;2*1H/b7-5-,8-6-;;. The Balaban J connectivity index is -0.000000405. The molecule has 4 nitrogen and oxygen atoms in total. The minimum Gasteiger partial charge on any atom is -0.367 e. The summed E-state index contributed by atoms with van der Waals surface area (Å²) in [5.74, 6) is 0. The summed E-state index contributed by atoms with van der Waals surface area (Å²) in [7, 11) is 7.59. The molecule has 0 saturated carbocycles. The van der Waals surface area contributed by atoms with Crippen molar-refractivity contribution >= 4 is 37.5 Å². The van der Waals surface area contributed by atoms with Crippen molar-refractivity contribution in [2.45, 2.75) is 0 Å². The summed E-state index contributed by atoms with van der Waals surface area (Å²) in [5, 5.41) is 7.48. The maximum atomic E-state index is 3.74. The van der Waals surface area contributed by atoms with Gasteiger partial charge in [-0.15, -0.1) is 35.0 Å². The highest BCUT2D eigenvalue weighted by Gasteiger charge is 1.74.